The number of benzene rings is 2. The number of carbonyl (C=O) groups is 1. The molecular weight excluding hydrogens is 369 g/mol. The summed E-state index contributed by atoms with van der Waals surface area (Å²) < 4.78 is 42.4. The second kappa shape index (κ2) is 7.59. The van der Waals surface area contributed by atoms with Gasteiger partial charge in [0.2, 0.25) is 5.91 Å². The Morgan fingerprint density at radius 1 is 1.07 bits per heavy atom. The zero-order chi connectivity index (χ0) is 19.4. The molecule has 0 aliphatic carbocycles. The maximum absolute atomic E-state index is 13.8. The normalized spacial score (nSPS) is 11.6. The van der Waals surface area contributed by atoms with Gasteiger partial charge < -0.3 is 9.73 Å². The minimum Gasteiger partial charge on any atom is -0.457 e. The number of rotatable bonds is 5. The van der Waals surface area contributed by atoms with Crippen LogP contribution in [-0.2, 0) is 14.6 Å². The van der Waals surface area contributed by atoms with E-state index in [0.29, 0.717) is 22.8 Å². The van der Waals surface area contributed by atoms with Crippen molar-refractivity contribution in [3.8, 4) is 11.3 Å². The molecular formula is C20H16FNO4S. The molecule has 1 aromatic heterocycles. The Hall–Kier alpha value is -3.19. The number of sulfone groups is 1. The largest absolute Gasteiger partial charge is 0.457 e. The SMILES string of the molecule is CS(=O)(=O)c1cccc(NC(=O)/C=C/c2ccc(-c3ccccc3F)o2)c1. The van der Waals surface area contributed by atoms with Crippen LogP contribution in [0.15, 0.2) is 76.1 Å². The topological polar surface area (TPSA) is 76.4 Å². The Morgan fingerprint density at radius 2 is 1.85 bits per heavy atom. The molecule has 138 valence electrons. The van der Waals surface area contributed by atoms with Crippen LogP contribution in [0.5, 0.6) is 0 Å². The number of hydrogen-bond donors (Lipinski definition) is 1. The zero-order valence-corrected chi connectivity index (χ0v) is 15.2. The van der Waals surface area contributed by atoms with Gasteiger partial charge in [-0.05, 0) is 48.5 Å². The third-order valence-electron chi connectivity index (χ3n) is 3.69. The van der Waals surface area contributed by atoms with Crippen molar-refractivity contribution in [2.24, 2.45) is 0 Å². The first-order chi connectivity index (χ1) is 12.8. The van der Waals surface area contributed by atoms with Gasteiger partial charge in [0.1, 0.15) is 17.3 Å². The van der Waals surface area contributed by atoms with E-state index in [9.17, 15) is 17.6 Å². The first-order valence-corrected chi connectivity index (χ1v) is 9.86. The van der Waals surface area contributed by atoms with E-state index in [1.165, 1.54) is 30.4 Å². The van der Waals surface area contributed by atoms with Crippen LogP contribution in [0.1, 0.15) is 5.76 Å². The van der Waals surface area contributed by atoms with Gasteiger partial charge in [0, 0.05) is 18.0 Å². The van der Waals surface area contributed by atoms with Gasteiger partial charge in [0.15, 0.2) is 9.84 Å². The number of halogens is 1. The molecule has 1 heterocycles. The van der Waals surface area contributed by atoms with Crippen LogP contribution in [0.4, 0.5) is 10.1 Å². The van der Waals surface area contributed by atoms with Crippen molar-refractivity contribution in [2.75, 3.05) is 11.6 Å². The number of nitrogens with one attached hydrogen (secondary N) is 1. The minimum atomic E-state index is -3.36. The van der Waals surface area contributed by atoms with Crippen LogP contribution in [-0.4, -0.2) is 20.6 Å². The molecule has 7 heteroatoms. The third kappa shape index (κ3) is 4.71. The summed E-state index contributed by atoms with van der Waals surface area (Å²) in [6.45, 7) is 0. The fourth-order valence-corrected chi connectivity index (χ4v) is 3.06. The predicted molar refractivity (Wildman–Crippen MR) is 101 cm³/mol. The molecule has 3 rings (SSSR count). The maximum atomic E-state index is 13.8. The smallest absolute Gasteiger partial charge is 0.248 e. The first kappa shape index (κ1) is 18.6. The third-order valence-corrected chi connectivity index (χ3v) is 4.81. The second-order valence-electron chi connectivity index (χ2n) is 5.80. The van der Waals surface area contributed by atoms with E-state index in [1.807, 2.05) is 0 Å². The van der Waals surface area contributed by atoms with Gasteiger partial charge >= 0.3 is 0 Å². The molecule has 0 aliphatic heterocycles. The number of amides is 1. The van der Waals surface area contributed by atoms with Crippen molar-refractivity contribution in [3.05, 3.63) is 78.3 Å². The monoisotopic (exact) mass is 385 g/mol. The van der Waals surface area contributed by atoms with Crippen LogP contribution in [0.25, 0.3) is 17.4 Å². The van der Waals surface area contributed by atoms with Crippen molar-refractivity contribution in [3.63, 3.8) is 0 Å². The maximum Gasteiger partial charge on any atom is 0.248 e. The van der Waals surface area contributed by atoms with Gasteiger partial charge in [-0.3, -0.25) is 4.79 Å². The van der Waals surface area contributed by atoms with Gasteiger partial charge in [-0.25, -0.2) is 12.8 Å². The molecule has 0 bridgehead atoms. The Kier molecular flexibility index (Phi) is 5.23. The second-order valence-corrected chi connectivity index (χ2v) is 7.82. The van der Waals surface area contributed by atoms with Crippen molar-refractivity contribution in [1.29, 1.82) is 0 Å². The Labute approximate surface area is 156 Å². The van der Waals surface area contributed by atoms with Gasteiger partial charge in [-0.1, -0.05) is 18.2 Å². The van der Waals surface area contributed by atoms with E-state index in [-0.39, 0.29) is 4.90 Å². The van der Waals surface area contributed by atoms with Gasteiger partial charge in [0.05, 0.1) is 10.5 Å². The summed E-state index contributed by atoms with van der Waals surface area (Å²) in [5.74, 6) is -0.113. The van der Waals surface area contributed by atoms with E-state index in [0.717, 1.165) is 6.26 Å². The van der Waals surface area contributed by atoms with Gasteiger partial charge in [-0.2, -0.15) is 0 Å². The molecule has 0 spiro atoms. The summed E-state index contributed by atoms with van der Waals surface area (Å²) in [5.41, 5.74) is 0.693. The van der Waals surface area contributed by atoms with E-state index in [4.69, 9.17) is 4.42 Å². The highest BCUT2D eigenvalue weighted by molar-refractivity contribution is 7.90. The molecule has 0 saturated heterocycles. The molecule has 0 radical (unpaired) electrons. The average molecular weight is 385 g/mol. The summed E-state index contributed by atoms with van der Waals surface area (Å²) in [5, 5.41) is 2.58. The van der Waals surface area contributed by atoms with Crippen LogP contribution in [0, 0.1) is 5.82 Å². The minimum absolute atomic E-state index is 0.116. The summed E-state index contributed by atoms with van der Waals surface area (Å²) >= 11 is 0. The first-order valence-electron chi connectivity index (χ1n) is 7.97. The lowest BCUT2D eigenvalue weighted by Crippen LogP contribution is -2.08. The summed E-state index contributed by atoms with van der Waals surface area (Å²) in [6.07, 6.45) is 3.79. The molecule has 2 aromatic carbocycles. The van der Waals surface area contributed by atoms with Crippen LogP contribution in [0.3, 0.4) is 0 Å². The highest BCUT2D eigenvalue weighted by Crippen LogP contribution is 2.25. The standard InChI is InChI=1S/C20H16FNO4S/c1-27(24,25)16-6-4-5-14(13-16)22-20(23)12-10-15-9-11-19(26-15)17-7-2-3-8-18(17)21/h2-13H,1H3,(H,22,23)/b12-10+. The van der Waals surface area contributed by atoms with E-state index in [2.05, 4.69) is 5.32 Å². The summed E-state index contributed by atoms with van der Waals surface area (Å²) in [4.78, 5) is 12.1. The fraction of sp³-hybridized carbons (Fsp3) is 0.0500. The fourth-order valence-electron chi connectivity index (χ4n) is 2.39. The van der Waals surface area contributed by atoms with Crippen molar-refractivity contribution >= 4 is 27.5 Å². The van der Waals surface area contributed by atoms with Crippen LogP contribution < -0.4 is 5.32 Å². The number of hydrogen-bond acceptors (Lipinski definition) is 4. The quantitative estimate of drug-likeness (QED) is 0.670. The van der Waals surface area contributed by atoms with Crippen molar-refractivity contribution in [1.82, 2.24) is 0 Å². The lowest BCUT2D eigenvalue weighted by molar-refractivity contribution is -0.111. The molecule has 27 heavy (non-hydrogen) atoms. The van der Waals surface area contributed by atoms with Crippen molar-refractivity contribution < 1.29 is 22.0 Å². The molecule has 5 nitrogen and oxygen atoms in total. The van der Waals surface area contributed by atoms with Crippen LogP contribution in [0.2, 0.25) is 0 Å². The number of furan rings is 1. The zero-order valence-electron chi connectivity index (χ0n) is 14.3. The predicted octanol–water partition coefficient (Wildman–Crippen LogP) is 4.14. The Morgan fingerprint density at radius 3 is 2.59 bits per heavy atom. The Balaban J connectivity index is 1.70. The summed E-state index contributed by atoms with van der Waals surface area (Å²) in [7, 11) is -3.36. The van der Waals surface area contributed by atoms with Gasteiger partial charge in [0.25, 0.3) is 0 Å². The molecule has 0 atom stereocenters. The van der Waals surface area contributed by atoms with E-state index < -0.39 is 21.6 Å². The molecule has 0 aliphatic rings. The molecule has 0 unspecified atom stereocenters. The average Bonchev–Trinajstić information content (AvgIpc) is 3.09. The number of anilines is 1. The lowest BCUT2D eigenvalue weighted by atomic mass is 10.1. The Bertz CT molecular complexity index is 1120. The molecule has 0 fully saturated rings. The molecule has 0 saturated carbocycles. The lowest BCUT2D eigenvalue weighted by Gasteiger charge is -2.04. The molecule has 1 N–H and O–H groups in total. The summed E-state index contributed by atoms with van der Waals surface area (Å²) in [6, 6.07) is 15.4. The van der Waals surface area contributed by atoms with E-state index >= 15 is 0 Å². The highest BCUT2D eigenvalue weighted by Gasteiger charge is 2.09. The van der Waals surface area contributed by atoms with Crippen molar-refractivity contribution in [2.45, 2.75) is 4.90 Å². The highest BCUT2D eigenvalue weighted by atomic mass is 32.2. The molecule has 3 aromatic rings. The van der Waals surface area contributed by atoms with E-state index in [1.54, 1.807) is 42.5 Å². The van der Waals surface area contributed by atoms with Gasteiger partial charge in [-0.15, -0.1) is 0 Å². The number of carbonyl (C=O) groups excluding carboxylic acids is 1. The van der Waals surface area contributed by atoms with Crippen LogP contribution >= 0.6 is 0 Å². The molecule has 1 amide bonds.